The van der Waals surface area contributed by atoms with Crippen molar-refractivity contribution in [3.05, 3.63) is 65.2 Å². The summed E-state index contributed by atoms with van der Waals surface area (Å²) in [4.78, 5) is 0. The van der Waals surface area contributed by atoms with Gasteiger partial charge >= 0.3 is 0 Å². The molecule has 0 heterocycles. The zero-order valence-electron chi connectivity index (χ0n) is 13.6. The Hall–Kier alpha value is -1.76. The van der Waals surface area contributed by atoms with Crippen molar-refractivity contribution in [1.29, 1.82) is 0 Å². The average Bonchev–Trinajstić information content (AvgIpc) is 2.57. The van der Waals surface area contributed by atoms with Gasteiger partial charge in [0.2, 0.25) is 0 Å². The molecule has 0 atom stereocenters. The SMILES string of the molecule is CCc1ccc(CC2CCC(c3ccc(N)cc3)CC2)cc1. The number of hydrogen-bond acceptors (Lipinski definition) is 1. The van der Waals surface area contributed by atoms with Gasteiger partial charge in [-0.3, -0.25) is 0 Å². The van der Waals surface area contributed by atoms with E-state index in [-0.39, 0.29) is 0 Å². The van der Waals surface area contributed by atoms with Crippen molar-refractivity contribution in [1.82, 2.24) is 0 Å². The van der Waals surface area contributed by atoms with E-state index >= 15 is 0 Å². The van der Waals surface area contributed by atoms with Crippen LogP contribution in [0.5, 0.6) is 0 Å². The summed E-state index contributed by atoms with van der Waals surface area (Å²) in [6.07, 6.45) is 7.73. The van der Waals surface area contributed by atoms with E-state index in [0.29, 0.717) is 0 Å². The Morgan fingerprint density at radius 1 is 0.818 bits per heavy atom. The van der Waals surface area contributed by atoms with Crippen molar-refractivity contribution in [2.24, 2.45) is 5.92 Å². The first-order chi connectivity index (χ1) is 10.7. The molecule has 0 radical (unpaired) electrons. The quantitative estimate of drug-likeness (QED) is 0.756. The van der Waals surface area contributed by atoms with Gasteiger partial charge in [-0.15, -0.1) is 0 Å². The van der Waals surface area contributed by atoms with Gasteiger partial charge in [-0.2, -0.15) is 0 Å². The molecular formula is C21H27N. The Kier molecular flexibility index (Phi) is 4.82. The first-order valence-electron chi connectivity index (χ1n) is 8.68. The van der Waals surface area contributed by atoms with Crippen LogP contribution in [0.25, 0.3) is 0 Å². The third-order valence-electron chi connectivity index (χ3n) is 5.21. The van der Waals surface area contributed by atoms with Crippen LogP contribution < -0.4 is 5.73 Å². The summed E-state index contributed by atoms with van der Waals surface area (Å²) in [5, 5.41) is 0. The number of rotatable bonds is 4. The topological polar surface area (TPSA) is 26.0 Å². The maximum absolute atomic E-state index is 5.78. The molecule has 0 unspecified atom stereocenters. The maximum atomic E-state index is 5.78. The molecular weight excluding hydrogens is 266 g/mol. The number of nitrogens with two attached hydrogens (primary N) is 1. The summed E-state index contributed by atoms with van der Waals surface area (Å²) >= 11 is 0. The molecule has 1 nitrogen and oxygen atoms in total. The van der Waals surface area contributed by atoms with Crippen LogP contribution in [0.4, 0.5) is 5.69 Å². The summed E-state index contributed by atoms with van der Waals surface area (Å²) in [6, 6.07) is 17.7. The second-order valence-electron chi connectivity index (χ2n) is 6.76. The summed E-state index contributed by atoms with van der Waals surface area (Å²) in [7, 11) is 0. The van der Waals surface area contributed by atoms with Crippen LogP contribution in [0.15, 0.2) is 48.5 Å². The van der Waals surface area contributed by atoms with Crippen LogP contribution in [0.2, 0.25) is 0 Å². The lowest BCUT2D eigenvalue weighted by Gasteiger charge is -2.29. The lowest BCUT2D eigenvalue weighted by molar-refractivity contribution is 0.324. The monoisotopic (exact) mass is 293 g/mol. The zero-order chi connectivity index (χ0) is 15.4. The Labute approximate surface area is 134 Å². The molecule has 0 saturated heterocycles. The largest absolute Gasteiger partial charge is 0.399 e. The van der Waals surface area contributed by atoms with Gasteiger partial charge in [0, 0.05) is 5.69 Å². The molecule has 1 aliphatic rings. The molecule has 116 valence electrons. The molecule has 0 bridgehead atoms. The van der Waals surface area contributed by atoms with Gasteiger partial charge in [0.25, 0.3) is 0 Å². The molecule has 0 spiro atoms. The molecule has 1 saturated carbocycles. The molecule has 2 aromatic carbocycles. The first-order valence-corrected chi connectivity index (χ1v) is 8.68. The molecule has 0 amide bonds. The highest BCUT2D eigenvalue weighted by Crippen LogP contribution is 2.37. The molecule has 22 heavy (non-hydrogen) atoms. The summed E-state index contributed by atoms with van der Waals surface area (Å²) in [5.74, 6) is 1.59. The minimum Gasteiger partial charge on any atom is -0.399 e. The van der Waals surface area contributed by atoms with Crippen molar-refractivity contribution in [3.8, 4) is 0 Å². The van der Waals surface area contributed by atoms with Crippen LogP contribution in [0, 0.1) is 5.92 Å². The predicted molar refractivity (Wildman–Crippen MR) is 95.1 cm³/mol. The Balaban J connectivity index is 1.53. The number of hydrogen-bond donors (Lipinski definition) is 1. The van der Waals surface area contributed by atoms with Gasteiger partial charge in [-0.05, 0) is 79.2 Å². The summed E-state index contributed by atoms with van der Waals surface area (Å²) < 4.78 is 0. The van der Waals surface area contributed by atoms with E-state index in [2.05, 4.69) is 43.3 Å². The van der Waals surface area contributed by atoms with Crippen molar-refractivity contribution in [2.45, 2.75) is 51.4 Å². The summed E-state index contributed by atoms with van der Waals surface area (Å²) in [6.45, 7) is 2.22. The maximum Gasteiger partial charge on any atom is 0.0314 e. The van der Waals surface area contributed by atoms with E-state index in [0.717, 1.165) is 23.9 Å². The van der Waals surface area contributed by atoms with Gasteiger partial charge in [0.05, 0.1) is 0 Å². The number of anilines is 1. The smallest absolute Gasteiger partial charge is 0.0314 e. The average molecular weight is 293 g/mol. The van der Waals surface area contributed by atoms with Crippen molar-refractivity contribution >= 4 is 5.69 Å². The molecule has 2 N–H and O–H groups in total. The minimum absolute atomic E-state index is 0.735. The second-order valence-corrected chi connectivity index (χ2v) is 6.76. The number of aryl methyl sites for hydroxylation is 1. The van der Waals surface area contributed by atoms with E-state index < -0.39 is 0 Å². The fourth-order valence-electron chi connectivity index (χ4n) is 3.71. The van der Waals surface area contributed by atoms with Gasteiger partial charge in [0.1, 0.15) is 0 Å². The Bertz CT molecular complexity index is 574. The molecule has 1 heteroatoms. The van der Waals surface area contributed by atoms with Crippen LogP contribution in [-0.2, 0) is 12.8 Å². The Morgan fingerprint density at radius 2 is 1.41 bits per heavy atom. The van der Waals surface area contributed by atoms with E-state index in [1.807, 2.05) is 12.1 Å². The lowest BCUT2D eigenvalue weighted by atomic mass is 9.76. The van der Waals surface area contributed by atoms with Gasteiger partial charge in [-0.1, -0.05) is 43.3 Å². The fourth-order valence-corrected chi connectivity index (χ4v) is 3.71. The third kappa shape index (κ3) is 3.71. The second kappa shape index (κ2) is 7.00. The fraction of sp³-hybridized carbons (Fsp3) is 0.429. The highest BCUT2D eigenvalue weighted by atomic mass is 14.5. The minimum atomic E-state index is 0.735. The van der Waals surface area contributed by atoms with E-state index in [4.69, 9.17) is 5.73 Å². The predicted octanol–water partition coefficient (Wildman–Crippen LogP) is 5.35. The van der Waals surface area contributed by atoms with Crippen LogP contribution >= 0.6 is 0 Å². The van der Waals surface area contributed by atoms with E-state index in [1.54, 1.807) is 0 Å². The van der Waals surface area contributed by atoms with Crippen molar-refractivity contribution in [2.75, 3.05) is 5.73 Å². The molecule has 1 fully saturated rings. The van der Waals surface area contributed by atoms with Crippen molar-refractivity contribution < 1.29 is 0 Å². The normalized spacial score (nSPS) is 21.7. The van der Waals surface area contributed by atoms with Gasteiger partial charge in [0.15, 0.2) is 0 Å². The summed E-state index contributed by atoms with van der Waals surface area (Å²) in [5.41, 5.74) is 11.1. The Morgan fingerprint density at radius 3 is 2.00 bits per heavy atom. The third-order valence-corrected chi connectivity index (χ3v) is 5.21. The molecule has 3 rings (SSSR count). The standard InChI is InChI=1S/C21H27N/c1-2-16-3-5-17(6-4-16)15-18-7-9-19(10-8-18)20-11-13-21(22)14-12-20/h3-6,11-14,18-19H,2,7-10,15,22H2,1H3. The van der Waals surface area contributed by atoms with Crippen LogP contribution in [0.3, 0.4) is 0 Å². The van der Waals surface area contributed by atoms with Crippen LogP contribution in [-0.4, -0.2) is 0 Å². The molecule has 0 aliphatic heterocycles. The highest BCUT2D eigenvalue weighted by molar-refractivity contribution is 5.40. The first kappa shape index (κ1) is 15.1. The number of nitrogen functional groups attached to an aromatic ring is 1. The lowest BCUT2D eigenvalue weighted by Crippen LogP contribution is -2.15. The molecule has 2 aromatic rings. The molecule has 1 aliphatic carbocycles. The zero-order valence-corrected chi connectivity index (χ0v) is 13.6. The highest BCUT2D eigenvalue weighted by Gasteiger charge is 2.22. The van der Waals surface area contributed by atoms with Crippen LogP contribution in [0.1, 0.15) is 55.2 Å². The number of benzene rings is 2. The van der Waals surface area contributed by atoms with E-state index in [9.17, 15) is 0 Å². The van der Waals surface area contributed by atoms with Gasteiger partial charge in [-0.25, -0.2) is 0 Å². The van der Waals surface area contributed by atoms with Gasteiger partial charge < -0.3 is 5.73 Å². The van der Waals surface area contributed by atoms with E-state index in [1.165, 1.54) is 48.8 Å². The molecule has 0 aromatic heterocycles. The van der Waals surface area contributed by atoms with Crippen molar-refractivity contribution in [3.63, 3.8) is 0 Å².